The summed E-state index contributed by atoms with van der Waals surface area (Å²) in [6.45, 7) is 10.8. The first-order valence-electron chi connectivity index (χ1n) is 11.2. The van der Waals surface area contributed by atoms with Gasteiger partial charge in [0.2, 0.25) is 0 Å². The molecule has 2 heteroatoms. The second kappa shape index (κ2) is 17.5. The zero-order chi connectivity index (χ0) is 21.2. The summed E-state index contributed by atoms with van der Waals surface area (Å²) in [5, 5.41) is 0. The fourth-order valence-corrected chi connectivity index (χ4v) is 2.73. The molecule has 0 radical (unpaired) electrons. The summed E-state index contributed by atoms with van der Waals surface area (Å²) >= 11 is 0. The van der Waals surface area contributed by atoms with Crippen molar-refractivity contribution < 1.29 is 4.39 Å². The Bertz CT molecular complexity index is 599. The first-order valence-corrected chi connectivity index (χ1v) is 11.2. The van der Waals surface area contributed by atoms with E-state index in [4.69, 9.17) is 0 Å². The van der Waals surface area contributed by atoms with Crippen LogP contribution < -0.4 is 0 Å². The molecule has 1 unspecified atom stereocenters. The highest BCUT2D eigenvalue weighted by Crippen LogP contribution is 2.26. The molecule has 1 aromatic rings. The minimum Gasteiger partial charge on any atom is -0.297 e. The van der Waals surface area contributed by atoms with Crippen molar-refractivity contribution in [1.29, 1.82) is 0 Å². The Morgan fingerprint density at radius 1 is 1.00 bits per heavy atom. The van der Waals surface area contributed by atoms with Gasteiger partial charge in [0.25, 0.3) is 0 Å². The first kappa shape index (κ1) is 26.4. The topological polar surface area (TPSA) is 12.4 Å². The van der Waals surface area contributed by atoms with E-state index < -0.39 is 0 Å². The molecule has 0 aromatic heterocycles. The van der Waals surface area contributed by atoms with E-state index >= 15 is 0 Å². The number of hydrogen-bond donors (Lipinski definition) is 0. The van der Waals surface area contributed by atoms with Crippen molar-refractivity contribution in [2.24, 2.45) is 4.99 Å². The standard InChI is InChI=1S/C19H30FN.C4H10.C3H2/c1-5-7-9-10-16-12-13-17(14-19(16)20)18(11-8-6-2)15(3)21-4;1-3-4-2;1-2-3-1/h12-14,18H,5-11H2,1-4H3;3-4H2,1-2H3;1H2. The van der Waals surface area contributed by atoms with Gasteiger partial charge in [-0.15, -0.1) is 0 Å². The van der Waals surface area contributed by atoms with Crippen molar-refractivity contribution in [3.05, 3.63) is 35.1 Å². The van der Waals surface area contributed by atoms with Crippen molar-refractivity contribution in [1.82, 2.24) is 0 Å². The Hall–Kier alpha value is -1.62. The summed E-state index contributed by atoms with van der Waals surface area (Å²) in [6.07, 6.45) is 11.3. The van der Waals surface area contributed by atoms with Crippen LogP contribution in [0.5, 0.6) is 0 Å². The highest BCUT2D eigenvalue weighted by Gasteiger charge is 2.16. The van der Waals surface area contributed by atoms with Crippen LogP contribution in [0.2, 0.25) is 0 Å². The van der Waals surface area contributed by atoms with Gasteiger partial charge in [0, 0.05) is 18.7 Å². The lowest BCUT2D eigenvalue weighted by Crippen LogP contribution is -2.10. The van der Waals surface area contributed by atoms with E-state index in [9.17, 15) is 4.39 Å². The van der Waals surface area contributed by atoms with E-state index in [0.29, 0.717) is 0 Å². The maximum Gasteiger partial charge on any atom is 0.126 e. The molecule has 1 nitrogen and oxygen atoms in total. The molecular weight excluding hydrogens is 345 g/mol. The van der Waals surface area contributed by atoms with Gasteiger partial charge in [-0.3, -0.25) is 4.99 Å². The zero-order valence-corrected chi connectivity index (χ0v) is 19.2. The molecule has 1 aliphatic carbocycles. The average Bonchev–Trinajstić information content (AvgIpc) is 3.59. The predicted octanol–water partition coefficient (Wildman–Crippen LogP) is 8.12. The molecule has 158 valence electrons. The molecule has 0 spiro atoms. The van der Waals surface area contributed by atoms with E-state index in [1.807, 2.05) is 20.0 Å². The number of nitrogens with zero attached hydrogens (tertiary/aromatic N) is 1. The Morgan fingerprint density at radius 2 is 1.61 bits per heavy atom. The minimum atomic E-state index is -0.0472. The molecule has 0 saturated heterocycles. The van der Waals surface area contributed by atoms with Gasteiger partial charge in [-0.1, -0.05) is 90.2 Å². The smallest absolute Gasteiger partial charge is 0.126 e. The monoisotopic (exact) mass is 387 g/mol. The van der Waals surface area contributed by atoms with E-state index in [1.165, 1.54) is 25.7 Å². The fourth-order valence-electron chi connectivity index (χ4n) is 2.73. The highest BCUT2D eigenvalue weighted by molar-refractivity contribution is 5.88. The lowest BCUT2D eigenvalue weighted by Gasteiger charge is -2.18. The summed E-state index contributed by atoms with van der Waals surface area (Å²) in [7, 11) is 1.82. The van der Waals surface area contributed by atoms with Crippen LogP contribution in [0.15, 0.2) is 23.2 Å². The average molecular weight is 388 g/mol. The molecule has 0 fully saturated rings. The van der Waals surface area contributed by atoms with Crippen LogP contribution in [0, 0.1) is 17.7 Å². The molecule has 1 atom stereocenters. The number of aryl methyl sites for hydroxylation is 1. The minimum absolute atomic E-state index is 0.0472. The molecule has 0 N–H and O–H groups in total. The van der Waals surface area contributed by atoms with Crippen LogP contribution in [0.25, 0.3) is 0 Å². The lowest BCUT2D eigenvalue weighted by atomic mass is 9.88. The van der Waals surface area contributed by atoms with Crippen molar-refractivity contribution in [3.63, 3.8) is 0 Å². The molecule has 2 rings (SSSR count). The number of unbranched alkanes of at least 4 members (excludes halogenated alkanes) is 4. The summed E-state index contributed by atoms with van der Waals surface area (Å²) in [6, 6.07) is 5.80. The second-order valence-corrected chi connectivity index (χ2v) is 7.40. The fraction of sp³-hybridized carbons (Fsp3) is 0.654. The molecule has 1 aliphatic rings. The molecule has 0 bridgehead atoms. The van der Waals surface area contributed by atoms with Gasteiger partial charge in [-0.25, -0.2) is 4.39 Å². The summed E-state index contributed by atoms with van der Waals surface area (Å²) in [5.74, 6) is 5.71. The maximum absolute atomic E-state index is 14.3. The molecule has 28 heavy (non-hydrogen) atoms. The molecule has 0 aliphatic heterocycles. The third-order valence-corrected chi connectivity index (χ3v) is 4.91. The Morgan fingerprint density at radius 3 is 2.04 bits per heavy atom. The third kappa shape index (κ3) is 12.7. The lowest BCUT2D eigenvalue weighted by molar-refractivity contribution is 0.593. The van der Waals surface area contributed by atoms with Crippen molar-refractivity contribution in [2.75, 3.05) is 7.05 Å². The summed E-state index contributed by atoms with van der Waals surface area (Å²) < 4.78 is 14.3. The largest absolute Gasteiger partial charge is 0.297 e. The van der Waals surface area contributed by atoms with Crippen molar-refractivity contribution in [3.8, 4) is 11.8 Å². The van der Waals surface area contributed by atoms with E-state index in [2.05, 4.69) is 50.6 Å². The predicted molar refractivity (Wildman–Crippen MR) is 124 cm³/mol. The van der Waals surface area contributed by atoms with Gasteiger partial charge in [-0.2, -0.15) is 0 Å². The Kier molecular flexibility index (Phi) is 16.5. The van der Waals surface area contributed by atoms with Crippen LogP contribution in [0.1, 0.15) is 109 Å². The second-order valence-electron chi connectivity index (χ2n) is 7.40. The van der Waals surface area contributed by atoms with Gasteiger partial charge in [0.15, 0.2) is 0 Å². The number of benzene rings is 1. The summed E-state index contributed by atoms with van der Waals surface area (Å²) in [5.41, 5.74) is 3.03. The van der Waals surface area contributed by atoms with Gasteiger partial charge in [-0.05, 0) is 43.4 Å². The molecular formula is C26H42FN. The number of rotatable bonds is 10. The number of halogens is 1. The van der Waals surface area contributed by atoms with Gasteiger partial charge >= 0.3 is 0 Å². The molecule has 0 heterocycles. The van der Waals surface area contributed by atoms with Crippen molar-refractivity contribution >= 4 is 5.71 Å². The van der Waals surface area contributed by atoms with Crippen LogP contribution >= 0.6 is 0 Å². The highest BCUT2D eigenvalue weighted by atomic mass is 19.1. The number of hydrogen-bond acceptors (Lipinski definition) is 1. The maximum atomic E-state index is 14.3. The van der Waals surface area contributed by atoms with Crippen molar-refractivity contribution in [2.45, 2.75) is 105 Å². The molecule has 0 amide bonds. The van der Waals surface area contributed by atoms with Crippen LogP contribution in [-0.2, 0) is 6.42 Å². The normalized spacial score (nSPS) is 12.6. The third-order valence-electron chi connectivity index (χ3n) is 4.91. The van der Waals surface area contributed by atoms with E-state index in [0.717, 1.165) is 55.4 Å². The van der Waals surface area contributed by atoms with Crippen LogP contribution in [0.4, 0.5) is 4.39 Å². The zero-order valence-electron chi connectivity index (χ0n) is 19.2. The Labute approximate surface area is 174 Å². The quantitative estimate of drug-likeness (QED) is 0.218. The van der Waals surface area contributed by atoms with E-state index in [-0.39, 0.29) is 11.7 Å². The van der Waals surface area contributed by atoms with E-state index in [1.54, 1.807) is 6.07 Å². The van der Waals surface area contributed by atoms with Crippen LogP contribution in [0.3, 0.4) is 0 Å². The molecule has 1 aromatic carbocycles. The van der Waals surface area contributed by atoms with Gasteiger partial charge in [0.1, 0.15) is 5.82 Å². The molecule has 0 saturated carbocycles. The van der Waals surface area contributed by atoms with Crippen LogP contribution in [-0.4, -0.2) is 12.8 Å². The van der Waals surface area contributed by atoms with Gasteiger partial charge < -0.3 is 0 Å². The Balaban J connectivity index is 0.000000876. The van der Waals surface area contributed by atoms with Gasteiger partial charge in [0.05, 0.1) is 6.42 Å². The summed E-state index contributed by atoms with van der Waals surface area (Å²) in [4.78, 5) is 4.33. The SMILES string of the molecule is C1#CC1.CCCC.CCCCCc1ccc(C(CCCC)C(C)=NC)cc1F. The number of aliphatic imine (C=N–C) groups is 1. The first-order chi connectivity index (χ1) is 13.5.